The van der Waals surface area contributed by atoms with Gasteiger partial charge in [0, 0.05) is 0 Å². The summed E-state index contributed by atoms with van der Waals surface area (Å²) < 4.78 is 0. The van der Waals surface area contributed by atoms with E-state index in [0.717, 1.165) is 0 Å². The summed E-state index contributed by atoms with van der Waals surface area (Å²) in [6.07, 6.45) is 17.9. The van der Waals surface area contributed by atoms with Crippen molar-refractivity contribution in [3.8, 4) is 0 Å². The van der Waals surface area contributed by atoms with Gasteiger partial charge in [0.2, 0.25) is 0 Å². The van der Waals surface area contributed by atoms with Crippen molar-refractivity contribution in [2.45, 2.75) is 104 Å². The van der Waals surface area contributed by atoms with Crippen LogP contribution in [0.2, 0.25) is 0 Å². The van der Waals surface area contributed by atoms with E-state index in [-0.39, 0.29) is 0 Å². The van der Waals surface area contributed by atoms with Gasteiger partial charge in [-0.25, -0.2) is 0 Å². The first-order valence-electron chi connectivity index (χ1n) is 8.54. The second-order valence-corrected chi connectivity index (χ2v) is 6.22. The van der Waals surface area contributed by atoms with Crippen molar-refractivity contribution in [2.24, 2.45) is 5.41 Å². The third-order valence-corrected chi connectivity index (χ3v) is 4.18. The summed E-state index contributed by atoms with van der Waals surface area (Å²) in [6.45, 7) is 11.5. The molecule has 0 heterocycles. The monoisotopic (exact) mass is 253 g/mol. The summed E-state index contributed by atoms with van der Waals surface area (Å²) in [5.41, 5.74) is 0.400. The molecule has 0 saturated carbocycles. The summed E-state index contributed by atoms with van der Waals surface area (Å²) in [7, 11) is 0. The quantitative estimate of drug-likeness (QED) is 0.312. The SMILES string of the molecule is [CH2]C(CCCC)(CCCCCC)CCCCCC. The number of hydrogen-bond donors (Lipinski definition) is 0. The standard InChI is InChI=1S/C18H37/c1-5-8-11-13-16-18(4,15-10-7-3)17-14-12-9-6-2/h4-17H2,1-3H3. The van der Waals surface area contributed by atoms with Crippen LogP contribution in [0.3, 0.4) is 0 Å². The molecular weight excluding hydrogens is 216 g/mol. The van der Waals surface area contributed by atoms with Crippen LogP contribution < -0.4 is 0 Å². The lowest BCUT2D eigenvalue weighted by atomic mass is 9.76. The zero-order valence-electron chi connectivity index (χ0n) is 13.4. The van der Waals surface area contributed by atoms with E-state index in [1.807, 2.05) is 0 Å². The minimum Gasteiger partial charge on any atom is -0.0654 e. The van der Waals surface area contributed by atoms with E-state index in [1.165, 1.54) is 83.5 Å². The first kappa shape index (κ1) is 18.0. The van der Waals surface area contributed by atoms with Gasteiger partial charge in [-0.1, -0.05) is 85.0 Å². The minimum absolute atomic E-state index is 0.400. The Balaban J connectivity index is 3.90. The molecule has 0 aromatic carbocycles. The fourth-order valence-corrected chi connectivity index (χ4v) is 2.78. The molecule has 0 heteroatoms. The molecule has 0 spiro atoms. The Bertz CT molecular complexity index is 147. The maximum Gasteiger partial charge on any atom is -0.0297 e. The van der Waals surface area contributed by atoms with Crippen LogP contribution in [-0.4, -0.2) is 0 Å². The Hall–Kier alpha value is 0. The topological polar surface area (TPSA) is 0 Å². The molecule has 0 rings (SSSR count). The van der Waals surface area contributed by atoms with Gasteiger partial charge < -0.3 is 0 Å². The summed E-state index contributed by atoms with van der Waals surface area (Å²) >= 11 is 0. The third-order valence-electron chi connectivity index (χ3n) is 4.18. The van der Waals surface area contributed by atoms with Crippen LogP contribution in [0.15, 0.2) is 0 Å². The van der Waals surface area contributed by atoms with Crippen LogP contribution in [-0.2, 0) is 0 Å². The zero-order valence-corrected chi connectivity index (χ0v) is 13.4. The van der Waals surface area contributed by atoms with E-state index >= 15 is 0 Å². The Morgan fingerprint density at radius 2 is 0.944 bits per heavy atom. The summed E-state index contributed by atoms with van der Waals surface area (Å²) in [4.78, 5) is 0. The van der Waals surface area contributed by atoms with Crippen molar-refractivity contribution in [2.75, 3.05) is 0 Å². The van der Waals surface area contributed by atoms with E-state index in [2.05, 4.69) is 27.7 Å². The molecule has 0 aromatic heterocycles. The van der Waals surface area contributed by atoms with Gasteiger partial charge in [0.1, 0.15) is 0 Å². The number of hydrogen-bond acceptors (Lipinski definition) is 0. The molecule has 0 unspecified atom stereocenters. The third kappa shape index (κ3) is 9.97. The maximum atomic E-state index is 4.60. The van der Waals surface area contributed by atoms with Gasteiger partial charge in [-0.3, -0.25) is 0 Å². The second kappa shape index (κ2) is 12.1. The number of unbranched alkanes of at least 4 members (excludes halogenated alkanes) is 7. The second-order valence-electron chi connectivity index (χ2n) is 6.22. The van der Waals surface area contributed by atoms with Crippen molar-refractivity contribution in [3.63, 3.8) is 0 Å². The highest BCUT2D eigenvalue weighted by Crippen LogP contribution is 2.35. The molecule has 0 aliphatic heterocycles. The predicted octanol–water partition coefficient (Wildman–Crippen LogP) is 6.94. The minimum atomic E-state index is 0.400. The summed E-state index contributed by atoms with van der Waals surface area (Å²) in [5.74, 6) is 0. The van der Waals surface area contributed by atoms with E-state index in [1.54, 1.807) is 0 Å². The van der Waals surface area contributed by atoms with E-state index in [0.29, 0.717) is 5.41 Å². The van der Waals surface area contributed by atoms with Crippen LogP contribution in [0, 0.1) is 12.3 Å². The molecule has 0 aromatic rings. The van der Waals surface area contributed by atoms with E-state index < -0.39 is 0 Å². The van der Waals surface area contributed by atoms with Gasteiger partial charge in [0.05, 0.1) is 0 Å². The van der Waals surface area contributed by atoms with Crippen molar-refractivity contribution in [3.05, 3.63) is 6.92 Å². The lowest BCUT2D eigenvalue weighted by Gasteiger charge is -2.30. The highest BCUT2D eigenvalue weighted by molar-refractivity contribution is 4.81. The van der Waals surface area contributed by atoms with Gasteiger partial charge in [-0.05, 0) is 31.6 Å². The lowest BCUT2D eigenvalue weighted by Crippen LogP contribution is -2.17. The van der Waals surface area contributed by atoms with E-state index in [9.17, 15) is 0 Å². The predicted molar refractivity (Wildman–Crippen MR) is 84.8 cm³/mol. The van der Waals surface area contributed by atoms with Crippen molar-refractivity contribution in [1.82, 2.24) is 0 Å². The van der Waals surface area contributed by atoms with Crippen LogP contribution in [0.25, 0.3) is 0 Å². The van der Waals surface area contributed by atoms with Crippen LogP contribution in [0.5, 0.6) is 0 Å². The molecule has 0 amide bonds. The molecular formula is C18H37. The van der Waals surface area contributed by atoms with Crippen LogP contribution in [0.4, 0.5) is 0 Å². The fraction of sp³-hybridized carbons (Fsp3) is 0.944. The van der Waals surface area contributed by atoms with Gasteiger partial charge >= 0.3 is 0 Å². The average Bonchev–Trinajstić information content (AvgIpc) is 2.38. The molecule has 0 atom stereocenters. The summed E-state index contributed by atoms with van der Waals surface area (Å²) in [6, 6.07) is 0. The Kier molecular flexibility index (Phi) is 12.1. The van der Waals surface area contributed by atoms with Crippen LogP contribution >= 0.6 is 0 Å². The average molecular weight is 253 g/mol. The highest BCUT2D eigenvalue weighted by Gasteiger charge is 2.22. The van der Waals surface area contributed by atoms with Gasteiger partial charge in [-0.2, -0.15) is 0 Å². The molecule has 0 nitrogen and oxygen atoms in total. The molecule has 0 aliphatic carbocycles. The van der Waals surface area contributed by atoms with Crippen LogP contribution in [0.1, 0.15) is 104 Å². The Morgan fingerprint density at radius 1 is 0.556 bits per heavy atom. The highest BCUT2D eigenvalue weighted by atomic mass is 14.3. The van der Waals surface area contributed by atoms with Crippen molar-refractivity contribution < 1.29 is 0 Å². The molecule has 0 fully saturated rings. The molecule has 0 bridgehead atoms. The molecule has 0 N–H and O–H groups in total. The van der Waals surface area contributed by atoms with Gasteiger partial charge in [-0.15, -0.1) is 0 Å². The van der Waals surface area contributed by atoms with Crippen molar-refractivity contribution >= 4 is 0 Å². The Morgan fingerprint density at radius 3 is 1.33 bits per heavy atom. The van der Waals surface area contributed by atoms with Gasteiger partial charge in [0.25, 0.3) is 0 Å². The maximum absolute atomic E-state index is 4.60. The molecule has 0 aliphatic rings. The molecule has 109 valence electrons. The number of rotatable bonds is 13. The van der Waals surface area contributed by atoms with E-state index in [4.69, 9.17) is 0 Å². The van der Waals surface area contributed by atoms with Gasteiger partial charge in [0.15, 0.2) is 0 Å². The lowest BCUT2D eigenvalue weighted by molar-refractivity contribution is 0.264. The largest absolute Gasteiger partial charge is 0.0654 e. The molecule has 1 radical (unpaired) electrons. The molecule has 18 heavy (non-hydrogen) atoms. The smallest absolute Gasteiger partial charge is 0.0297 e. The Labute approximate surface area is 117 Å². The zero-order chi connectivity index (χ0) is 13.7. The first-order chi connectivity index (χ1) is 8.68. The first-order valence-corrected chi connectivity index (χ1v) is 8.54. The fourth-order valence-electron chi connectivity index (χ4n) is 2.78. The molecule has 0 saturated heterocycles. The summed E-state index contributed by atoms with van der Waals surface area (Å²) in [5, 5.41) is 0. The van der Waals surface area contributed by atoms with Crippen molar-refractivity contribution in [1.29, 1.82) is 0 Å². The normalized spacial score (nSPS) is 12.0.